The van der Waals surface area contributed by atoms with Gasteiger partial charge in [0.1, 0.15) is 88.1 Å². The first-order chi connectivity index (χ1) is 49.0. The van der Waals surface area contributed by atoms with E-state index in [9.17, 15) is 19.2 Å². The second kappa shape index (κ2) is 33.3. The van der Waals surface area contributed by atoms with Gasteiger partial charge in [-0.1, -0.05) is 130 Å². The molecule has 11 heterocycles. The number of piperidine rings is 3. The molecule has 1 N–H and O–H groups in total. The molecule has 530 valence electrons. The molecule has 25 heteroatoms. The van der Waals surface area contributed by atoms with E-state index >= 15 is 0 Å². The van der Waals surface area contributed by atoms with Gasteiger partial charge < -0.3 is 57.3 Å². The van der Waals surface area contributed by atoms with Crippen LogP contribution in [0.25, 0.3) is 44.1 Å². The number of rotatable bonds is 22. The van der Waals surface area contributed by atoms with Crippen molar-refractivity contribution in [3.63, 3.8) is 0 Å². The van der Waals surface area contributed by atoms with Crippen LogP contribution in [-0.4, -0.2) is 161 Å². The molecule has 0 aliphatic carbocycles. The van der Waals surface area contributed by atoms with Crippen LogP contribution < -0.4 is 0 Å². The Balaban J connectivity index is 0.000000145. The van der Waals surface area contributed by atoms with Crippen molar-refractivity contribution in [1.29, 1.82) is 0 Å². The molecule has 23 nitrogen and oxygen atoms in total. The first-order valence-corrected chi connectivity index (χ1v) is 42.8. The zero-order valence-electron chi connectivity index (χ0n) is 58.9. The van der Waals surface area contributed by atoms with Crippen LogP contribution in [0.3, 0.4) is 0 Å². The van der Waals surface area contributed by atoms with Crippen LogP contribution in [0.15, 0.2) is 159 Å². The molecule has 3 saturated heterocycles. The van der Waals surface area contributed by atoms with Crippen molar-refractivity contribution in [2.75, 3.05) is 52.5 Å². The number of carbonyl (C=O) groups is 4. The smallest absolute Gasteiger partial charge is 0.410 e. The molecule has 4 atom stereocenters. The third-order valence-corrected chi connectivity index (χ3v) is 22.6. The molecular weight excluding hydrogens is 1310 g/mol. The van der Waals surface area contributed by atoms with Gasteiger partial charge in [-0.3, -0.25) is 8.80 Å². The summed E-state index contributed by atoms with van der Waals surface area (Å²) in [5.41, 5.74) is 10.5. The SMILES string of the molecule is C[Si](C)(C)CCOCn1ccc2c(C(CC=O)C3CCCN(C(=O)OCc4ccccc4)C3)ncnc21.C[Si](C)(C)CCOCn1ccc2c1ncn1cnc(C3CCCN(C(=O)OCc4ccccc4)C3)c21.O=C(OCc1ccccc1)N1CCCC(c2ncn3cnc4[nH]ccc4c23)C1. The predicted molar refractivity (Wildman–Crippen MR) is 394 cm³/mol. The molecule has 3 aliphatic heterocycles. The summed E-state index contributed by atoms with van der Waals surface area (Å²) in [7, 11) is -2.27. The van der Waals surface area contributed by atoms with Crippen molar-refractivity contribution in [2.24, 2.45) is 5.92 Å². The minimum atomic E-state index is -1.15. The fourth-order valence-electron chi connectivity index (χ4n) is 13.7. The maximum atomic E-state index is 12.8. The number of nitrogens with one attached hydrogen (secondary N) is 1. The summed E-state index contributed by atoms with van der Waals surface area (Å²) in [5.74, 6) is 0.340. The van der Waals surface area contributed by atoms with Gasteiger partial charge in [0, 0.05) is 128 Å². The standard InChI is InChI=1S/C28H38N4O4Si.C27H35N5O3Si.C21H21N5O2/c1-37(2,3)17-16-35-21-32-14-11-25-26(29-20-30-27(25)32)24(12-15-33)23-10-7-13-31(18-23)28(34)36-19-22-8-5-4-6-9-22;1-36(2,3)15-14-34-20-31-13-11-23-25-24(28-18-32(25)19-29-26(23)31)22-10-7-12-30(16-22)27(33)35-17-21-8-5-4-6-9-21;27-21(28-12-15-5-2-1-3-6-15)25-10-4-7-16(11-25)18-19-17-8-9-22-20(17)24-14-26(19)13-23-18/h4-6,8-9,11,14-15,20,23-24H,7,10,12-13,16-19,21H2,1-3H3;4-6,8-9,11,13,18-19,22H,7,10,12,14-17,20H2,1-3H3;1-3,5-6,8-9,13-14,16,22H,4,7,10-12H2. The Labute approximate surface area is 591 Å². The second-order valence-corrected chi connectivity index (χ2v) is 40.3. The van der Waals surface area contributed by atoms with E-state index in [0.29, 0.717) is 59.2 Å². The average molecular weight is 1400 g/mol. The molecule has 0 spiro atoms. The van der Waals surface area contributed by atoms with Gasteiger partial charge in [-0.05, 0) is 91.4 Å². The summed E-state index contributed by atoms with van der Waals surface area (Å²) in [6.45, 7) is 21.2. The molecule has 0 bridgehead atoms. The normalized spacial score (nSPS) is 17.0. The lowest BCUT2D eigenvalue weighted by Gasteiger charge is -2.36. The predicted octanol–water partition coefficient (Wildman–Crippen LogP) is 14.7. The number of ether oxygens (including phenoxy) is 5. The van der Waals surface area contributed by atoms with Crippen molar-refractivity contribution in [1.82, 2.24) is 67.5 Å². The van der Waals surface area contributed by atoms with Crippen molar-refractivity contribution < 1.29 is 42.9 Å². The van der Waals surface area contributed by atoms with Crippen molar-refractivity contribution in [3.8, 4) is 0 Å². The maximum Gasteiger partial charge on any atom is 0.410 e. The Hall–Kier alpha value is -9.57. The number of hydrogen-bond donors (Lipinski definition) is 1. The van der Waals surface area contributed by atoms with Crippen LogP contribution in [0.1, 0.15) is 96.5 Å². The van der Waals surface area contributed by atoms with Crippen LogP contribution in [0.4, 0.5) is 14.4 Å². The number of carbonyl (C=O) groups excluding carboxylic acids is 4. The molecule has 3 fully saturated rings. The van der Waals surface area contributed by atoms with Gasteiger partial charge in [-0.2, -0.15) is 0 Å². The zero-order valence-corrected chi connectivity index (χ0v) is 60.9. The number of nitrogens with zero attached hydrogens (tertiary/aromatic N) is 13. The Morgan fingerprint density at radius 3 is 1.49 bits per heavy atom. The van der Waals surface area contributed by atoms with E-state index in [4.69, 9.17) is 28.7 Å². The Kier molecular flexibility index (Phi) is 23.5. The Morgan fingerprint density at radius 1 is 0.525 bits per heavy atom. The van der Waals surface area contributed by atoms with Crippen molar-refractivity contribution >= 4 is 84.8 Å². The van der Waals surface area contributed by atoms with Crippen molar-refractivity contribution in [3.05, 3.63) is 193 Å². The van der Waals surface area contributed by atoms with Gasteiger partial charge in [0.15, 0.2) is 0 Å². The van der Waals surface area contributed by atoms with Crippen LogP contribution in [0.2, 0.25) is 51.4 Å². The van der Waals surface area contributed by atoms with Gasteiger partial charge in [-0.25, -0.2) is 44.3 Å². The van der Waals surface area contributed by atoms with E-state index in [0.717, 1.165) is 155 Å². The minimum absolute atomic E-state index is 0.101. The molecule has 8 aromatic heterocycles. The lowest BCUT2D eigenvalue weighted by Crippen LogP contribution is -2.42. The van der Waals surface area contributed by atoms with E-state index in [1.54, 1.807) is 28.8 Å². The van der Waals surface area contributed by atoms with Crippen LogP contribution in [-0.2, 0) is 61.8 Å². The highest BCUT2D eigenvalue weighted by molar-refractivity contribution is 6.76. The third-order valence-electron chi connectivity index (χ3n) is 19.2. The number of H-pyrrole nitrogens is 1. The van der Waals surface area contributed by atoms with Crippen LogP contribution in [0.5, 0.6) is 0 Å². The molecule has 3 amide bonds. The second-order valence-electron chi connectivity index (χ2n) is 29.0. The van der Waals surface area contributed by atoms with E-state index in [-0.39, 0.29) is 55.2 Å². The fraction of sp³-hybridized carbons (Fsp3) is 0.421. The minimum Gasteiger partial charge on any atom is -0.445 e. The summed E-state index contributed by atoms with van der Waals surface area (Å²) >= 11 is 0. The molecule has 0 radical (unpaired) electrons. The summed E-state index contributed by atoms with van der Waals surface area (Å²) < 4.78 is 36.6. The number of benzene rings is 3. The Morgan fingerprint density at radius 2 is 0.980 bits per heavy atom. The quantitative estimate of drug-likeness (QED) is 0.0287. The molecule has 0 saturated carbocycles. The molecule has 4 unspecified atom stereocenters. The molecular formula is C76H94N14O9Si2. The number of imidazole rings is 2. The first-order valence-electron chi connectivity index (χ1n) is 35.4. The molecule has 101 heavy (non-hydrogen) atoms. The van der Waals surface area contributed by atoms with E-state index in [1.165, 1.54) is 0 Å². The number of aldehydes is 1. The highest BCUT2D eigenvalue weighted by atomic mass is 28.3. The van der Waals surface area contributed by atoms with Gasteiger partial charge in [0.25, 0.3) is 0 Å². The monoisotopic (exact) mass is 1400 g/mol. The summed E-state index contributed by atoms with van der Waals surface area (Å²) in [6.07, 6.45) is 20.8. The van der Waals surface area contributed by atoms with Crippen molar-refractivity contribution in [2.45, 2.75) is 147 Å². The zero-order chi connectivity index (χ0) is 70.3. The largest absolute Gasteiger partial charge is 0.445 e. The highest BCUT2D eigenvalue weighted by Crippen LogP contribution is 2.38. The number of aromatic nitrogens is 11. The highest BCUT2D eigenvalue weighted by Gasteiger charge is 2.35. The third kappa shape index (κ3) is 18.3. The molecule has 11 aromatic rings. The van der Waals surface area contributed by atoms with Gasteiger partial charge in [-0.15, -0.1) is 0 Å². The number of aromatic amines is 1. The number of amides is 3. The van der Waals surface area contributed by atoms with E-state index < -0.39 is 16.1 Å². The lowest BCUT2D eigenvalue weighted by molar-refractivity contribution is -0.108. The average Bonchev–Trinajstić information content (AvgIpc) is 1.64. The summed E-state index contributed by atoms with van der Waals surface area (Å²) in [5, 5.41) is 3.05. The number of fused-ring (bicyclic) bond motifs is 7. The summed E-state index contributed by atoms with van der Waals surface area (Å²) in [4.78, 5) is 86.2. The summed E-state index contributed by atoms with van der Waals surface area (Å²) in [6, 6.07) is 37.6. The Bertz CT molecular complexity index is 4530. The molecule has 14 rings (SSSR count). The molecule has 3 aliphatic rings. The van der Waals surface area contributed by atoms with Gasteiger partial charge in [0.2, 0.25) is 0 Å². The topological polar surface area (TPSA) is 236 Å². The van der Waals surface area contributed by atoms with E-state index in [1.807, 2.05) is 153 Å². The van der Waals surface area contributed by atoms with Gasteiger partial charge >= 0.3 is 18.3 Å². The number of hydrogen-bond acceptors (Lipinski definition) is 15. The van der Waals surface area contributed by atoms with Crippen LogP contribution >= 0.6 is 0 Å². The van der Waals surface area contributed by atoms with E-state index in [2.05, 4.69) is 79.8 Å². The maximum absolute atomic E-state index is 12.8. The number of likely N-dealkylation sites (tertiary alicyclic amines) is 3. The van der Waals surface area contributed by atoms with Gasteiger partial charge in [0.05, 0.1) is 28.1 Å². The molecule has 3 aromatic carbocycles. The van der Waals surface area contributed by atoms with Crippen LogP contribution in [0, 0.1) is 5.92 Å². The fourth-order valence-corrected chi connectivity index (χ4v) is 15.2. The lowest BCUT2D eigenvalue weighted by atomic mass is 9.81. The first kappa shape index (κ1) is 71.3.